The number of anilines is 1. The molecule has 1 heterocycles. The van der Waals surface area contributed by atoms with Crippen molar-refractivity contribution in [1.29, 1.82) is 0 Å². The van der Waals surface area contributed by atoms with Crippen molar-refractivity contribution in [3.63, 3.8) is 0 Å². The summed E-state index contributed by atoms with van der Waals surface area (Å²) in [5, 5.41) is 11.0. The zero-order chi connectivity index (χ0) is 19.5. The SMILES string of the molecule is Fc1ccc(N[C@@H](c2nnc(-c3ccccc3)o2)c2ccccc2F)cc1F. The average Bonchev–Trinajstić information content (AvgIpc) is 3.20. The van der Waals surface area contributed by atoms with Crippen LogP contribution in [0, 0.1) is 17.5 Å². The van der Waals surface area contributed by atoms with Crippen LogP contribution in [0.25, 0.3) is 11.5 Å². The molecular weight excluding hydrogens is 367 g/mol. The predicted molar refractivity (Wildman–Crippen MR) is 98.0 cm³/mol. The molecule has 0 saturated carbocycles. The number of rotatable bonds is 5. The highest BCUT2D eigenvalue weighted by atomic mass is 19.2. The van der Waals surface area contributed by atoms with Crippen molar-refractivity contribution in [1.82, 2.24) is 10.2 Å². The molecule has 4 nitrogen and oxygen atoms in total. The van der Waals surface area contributed by atoms with E-state index >= 15 is 0 Å². The summed E-state index contributed by atoms with van der Waals surface area (Å²) in [5.41, 5.74) is 1.18. The minimum absolute atomic E-state index is 0.0914. The monoisotopic (exact) mass is 381 g/mol. The second-order valence-electron chi connectivity index (χ2n) is 6.04. The van der Waals surface area contributed by atoms with E-state index in [1.54, 1.807) is 30.3 Å². The minimum Gasteiger partial charge on any atom is -0.418 e. The quantitative estimate of drug-likeness (QED) is 0.506. The van der Waals surface area contributed by atoms with Gasteiger partial charge in [-0.25, -0.2) is 13.2 Å². The van der Waals surface area contributed by atoms with Crippen molar-refractivity contribution in [2.24, 2.45) is 0 Å². The van der Waals surface area contributed by atoms with Gasteiger partial charge in [-0.1, -0.05) is 36.4 Å². The van der Waals surface area contributed by atoms with Crippen molar-refractivity contribution in [2.45, 2.75) is 6.04 Å². The van der Waals surface area contributed by atoms with E-state index in [9.17, 15) is 13.2 Å². The van der Waals surface area contributed by atoms with Gasteiger partial charge in [-0.3, -0.25) is 0 Å². The number of benzene rings is 3. The lowest BCUT2D eigenvalue weighted by molar-refractivity contribution is 0.484. The van der Waals surface area contributed by atoms with Gasteiger partial charge in [0, 0.05) is 22.9 Å². The molecule has 4 aromatic rings. The van der Waals surface area contributed by atoms with E-state index in [0.717, 1.165) is 12.1 Å². The van der Waals surface area contributed by atoms with Crippen molar-refractivity contribution in [2.75, 3.05) is 5.32 Å². The van der Waals surface area contributed by atoms with Crippen LogP contribution in [-0.2, 0) is 0 Å². The highest BCUT2D eigenvalue weighted by Crippen LogP contribution is 2.30. The molecule has 28 heavy (non-hydrogen) atoms. The van der Waals surface area contributed by atoms with E-state index in [4.69, 9.17) is 4.42 Å². The summed E-state index contributed by atoms with van der Waals surface area (Å²) in [6.45, 7) is 0. The van der Waals surface area contributed by atoms with E-state index in [1.807, 2.05) is 18.2 Å². The number of halogens is 3. The number of nitrogens with one attached hydrogen (secondary N) is 1. The van der Waals surface area contributed by atoms with Crippen LogP contribution in [0.1, 0.15) is 17.5 Å². The molecule has 0 spiro atoms. The van der Waals surface area contributed by atoms with E-state index in [-0.39, 0.29) is 23.0 Å². The second-order valence-corrected chi connectivity index (χ2v) is 6.04. The van der Waals surface area contributed by atoms with Crippen LogP contribution in [0.3, 0.4) is 0 Å². The molecule has 0 aliphatic rings. The summed E-state index contributed by atoms with van der Waals surface area (Å²) in [4.78, 5) is 0. The van der Waals surface area contributed by atoms with Crippen LogP contribution < -0.4 is 5.32 Å². The largest absolute Gasteiger partial charge is 0.418 e. The molecule has 1 atom stereocenters. The van der Waals surface area contributed by atoms with Crippen LogP contribution in [0.15, 0.2) is 77.2 Å². The topological polar surface area (TPSA) is 51.0 Å². The molecule has 1 N–H and O–H groups in total. The van der Waals surface area contributed by atoms with Gasteiger partial charge >= 0.3 is 0 Å². The maximum absolute atomic E-state index is 14.4. The first-order chi connectivity index (χ1) is 13.6. The summed E-state index contributed by atoms with van der Waals surface area (Å²) < 4.78 is 47.0. The Kier molecular flexibility index (Phi) is 4.80. The molecule has 0 aliphatic heterocycles. The van der Waals surface area contributed by atoms with E-state index in [1.165, 1.54) is 12.1 Å². The zero-order valence-electron chi connectivity index (χ0n) is 14.4. The van der Waals surface area contributed by atoms with Crippen LogP contribution in [0.5, 0.6) is 0 Å². The number of hydrogen-bond donors (Lipinski definition) is 1. The van der Waals surface area contributed by atoms with Gasteiger partial charge < -0.3 is 9.73 Å². The molecule has 0 amide bonds. The Balaban J connectivity index is 1.74. The van der Waals surface area contributed by atoms with Gasteiger partial charge in [-0.2, -0.15) is 0 Å². The Hall–Kier alpha value is -3.61. The number of nitrogens with zero attached hydrogens (tertiary/aromatic N) is 2. The lowest BCUT2D eigenvalue weighted by Gasteiger charge is -2.17. The summed E-state index contributed by atoms with van der Waals surface area (Å²) in [5.74, 6) is -2.13. The van der Waals surface area contributed by atoms with Crippen LogP contribution in [0.2, 0.25) is 0 Å². The van der Waals surface area contributed by atoms with E-state index in [0.29, 0.717) is 5.56 Å². The minimum atomic E-state index is -1.02. The standard InChI is InChI=1S/C21H14F3N3O/c22-16-9-5-4-8-15(16)19(25-14-10-11-17(23)18(24)12-14)21-27-26-20(28-21)13-6-2-1-3-7-13/h1-12,19,25H/t19-/m1/s1. The molecule has 140 valence electrons. The summed E-state index contributed by atoms with van der Waals surface area (Å²) in [6.07, 6.45) is 0. The maximum atomic E-state index is 14.4. The van der Waals surface area contributed by atoms with Crippen molar-refractivity contribution < 1.29 is 17.6 Å². The number of hydrogen-bond acceptors (Lipinski definition) is 4. The molecule has 0 unspecified atom stereocenters. The van der Waals surface area contributed by atoms with E-state index in [2.05, 4.69) is 15.5 Å². The summed E-state index contributed by atoms with van der Waals surface area (Å²) >= 11 is 0. The van der Waals surface area contributed by atoms with Gasteiger partial charge in [-0.05, 0) is 30.3 Å². The van der Waals surface area contributed by atoms with Gasteiger partial charge in [-0.15, -0.1) is 10.2 Å². The zero-order valence-corrected chi connectivity index (χ0v) is 14.4. The molecule has 0 fully saturated rings. The molecule has 0 aliphatic carbocycles. The Morgan fingerprint density at radius 2 is 1.50 bits per heavy atom. The average molecular weight is 381 g/mol. The molecular formula is C21H14F3N3O. The molecule has 1 aromatic heterocycles. The molecule has 4 rings (SSSR count). The number of aromatic nitrogens is 2. The second kappa shape index (κ2) is 7.56. The fraction of sp³-hybridized carbons (Fsp3) is 0.0476. The normalized spacial score (nSPS) is 12.0. The highest BCUT2D eigenvalue weighted by Gasteiger charge is 2.24. The first kappa shape index (κ1) is 17.8. The van der Waals surface area contributed by atoms with Gasteiger partial charge in [0.15, 0.2) is 11.6 Å². The predicted octanol–water partition coefficient (Wildman–Crippen LogP) is 5.36. The Bertz CT molecular complexity index is 1100. The van der Waals surface area contributed by atoms with Gasteiger partial charge in [0.1, 0.15) is 11.9 Å². The van der Waals surface area contributed by atoms with Gasteiger partial charge in [0.25, 0.3) is 0 Å². The molecule has 7 heteroatoms. The van der Waals surface area contributed by atoms with Crippen molar-refractivity contribution in [3.05, 3.63) is 102 Å². The molecule has 0 bridgehead atoms. The third-order valence-corrected chi connectivity index (χ3v) is 4.16. The Labute approximate surface area is 158 Å². The fourth-order valence-electron chi connectivity index (χ4n) is 2.78. The first-order valence-corrected chi connectivity index (χ1v) is 8.46. The molecule has 3 aromatic carbocycles. The summed E-state index contributed by atoms with van der Waals surface area (Å²) in [6, 6.07) is 17.6. The Morgan fingerprint density at radius 3 is 2.25 bits per heavy atom. The lowest BCUT2D eigenvalue weighted by atomic mass is 10.1. The summed E-state index contributed by atoms with van der Waals surface area (Å²) in [7, 11) is 0. The third-order valence-electron chi connectivity index (χ3n) is 4.16. The Morgan fingerprint density at radius 1 is 0.750 bits per heavy atom. The van der Waals surface area contributed by atoms with Gasteiger partial charge in [0.2, 0.25) is 11.8 Å². The lowest BCUT2D eigenvalue weighted by Crippen LogP contribution is -2.14. The third kappa shape index (κ3) is 3.59. The maximum Gasteiger partial charge on any atom is 0.247 e. The van der Waals surface area contributed by atoms with E-state index < -0.39 is 23.5 Å². The van der Waals surface area contributed by atoms with Crippen LogP contribution >= 0.6 is 0 Å². The van der Waals surface area contributed by atoms with Crippen molar-refractivity contribution >= 4 is 5.69 Å². The highest BCUT2D eigenvalue weighted by molar-refractivity contribution is 5.53. The van der Waals surface area contributed by atoms with Crippen molar-refractivity contribution in [3.8, 4) is 11.5 Å². The smallest absolute Gasteiger partial charge is 0.247 e. The first-order valence-electron chi connectivity index (χ1n) is 8.46. The molecule has 0 radical (unpaired) electrons. The fourth-order valence-corrected chi connectivity index (χ4v) is 2.78. The van der Waals surface area contributed by atoms with Crippen LogP contribution in [-0.4, -0.2) is 10.2 Å². The molecule has 0 saturated heterocycles. The van der Waals surface area contributed by atoms with Crippen LogP contribution in [0.4, 0.5) is 18.9 Å². The van der Waals surface area contributed by atoms with Gasteiger partial charge in [0.05, 0.1) is 0 Å².